The fourth-order valence-electron chi connectivity index (χ4n) is 4.42. The van der Waals surface area contributed by atoms with Crippen LogP contribution in [0.15, 0.2) is 59.5 Å². The molecule has 2 aromatic carbocycles. The van der Waals surface area contributed by atoms with Gasteiger partial charge in [-0.05, 0) is 44.5 Å². The number of nitrogens with one attached hydrogen (secondary N) is 1. The number of carbonyl (C=O) groups is 1. The average molecular weight is 461 g/mol. The van der Waals surface area contributed by atoms with Crippen LogP contribution in [0.4, 0.5) is 5.69 Å². The summed E-state index contributed by atoms with van der Waals surface area (Å²) in [5.74, 6) is 0.926. The molecule has 0 saturated carbocycles. The molecule has 0 aliphatic heterocycles. The van der Waals surface area contributed by atoms with Crippen molar-refractivity contribution in [1.29, 1.82) is 0 Å². The van der Waals surface area contributed by atoms with Crippen LogP contribution in [0.1, 0.15) is 30.8 Å². The Labute approximate surface area is 197 Å². The quantitative estimate of drug-likeness (QED) is 0.441. The number of rotatable bonds is 7. The van der Waals surface area contributed by atoms with Crippen molar-refractivity contribution in [1.82, 2.24) is 14.3 Å². The number of hydrogen-bond donors (Lipinski definition) is 1. The molecular formula is C26H28N4O4. The number of carbonyl (C=O) groups excluding carboxylic acids is 1. The second-order valence-corrected chi connectivity index (χ2v) is 8.01. The molecular weight excluding hydrogens is 432 g/mol. The lowest BCUT2D eigenvalue weighted by molar-refractivity contribution is -0.119. The highest BCUT2D eigenvalue weighted by Gasteiger charge is 2.26. The zero-order chi connectivity index (χ0) is 24.4. The van der Waals surface area contributed by atoms with Crippen LogP contribution in [0.5, 0.6) is 11.5 Å². The maximum atomic E-state index is 13.4. The molecule has 1 N–H and O–H groups in total. The molecule has 0 unspecified atom stereocenters. The van der Waals surface area contributed by atoms with Crippen LogP contribution in [0.2, 0.25) is 0 Å². The number of para-hydroxylation sites is 1. The number of aryl methyl sites for hydroxylation is 2. The molecule has 0 spiro atoms. The molecule has 0 aliphatic rings. The Morgan fingerprint density at radius 2 is 1.74 bits per heavy atom. The molecule has 8 heteroatoms. The van der Waals surface area contributed by atoms with E-state index in [-0.39, 0.29) is 11.5 Å². The fourth-order valence-corrected chi connectivity index (χ4v) is 4.42. The van der Waals surface area contributed by atoms with Gasteiger partial charge >= 0.3 is 0 Å². The Bertz CT molecular complexity index is 1410. The minimum atomic E-state index is -0.509. The van der Waals surface area contributed by atoms with E-state index in [9.17, 15) is 9.59 Å². The Kier molecular flexibility index (Phi) is 6.40. The SMILES string of the molecule is CC[C@@H](C(=O)Nc1ccc(OC)c(OC)c1)n1c(C)c2cnn(-c3ccccc3)c(=O)c2c1C. The summed E-state index contributed by atoms with van der Waals surface area (Å²) in [6, 6.07) is 14.0. The lowest BCUT2D eigenvalue weighted by Gasteiger charge is -2.21. The van der Waals surface area contributed by atoms with E-state index in [2.05, 4.69) is 10.4 Å². The van der Waals surface area contributed by atoms with Crippen LogP contribution in [-0.2, 0) is 4.79 Å². The Morgan fingerprint density at radius 3 is 2.38 bits per heavy atom. The number of methoxy groups -OCH3 is 2. The zero-order valence-electron chi connectivity index (χ0n) is 20.0. The molecule has 0 saturated heterocycles. The van der Waals surface area contributed by atoms with E-state index in [0.29, 0.717) is 34.7 Å². The summed E-state index contributed by atoms with van der Waals surface area (Å²) in [6.07, 6.45) is 2.24. The molecule has 2 aromatic heterocycles. The number of hydrogen-bond acceptors (Lipinski definition) is 5. The molecule has 4 aromatic rings. The van der Waals surface area contributed by atoms with Crippen molar-refractivity contribution in [2.24, 2.45) is 0 Å². The minimum Gasteiger partial charge on any atom is -0.493 e. The molecule has 8 nitrogen and oxygen atoms in total. The summed E-state index contributed by atoms with van der Waals surface area (Å²) in [5.41, 5.74) is 2.64. The summed E-state index contributed by atoms with van der Waals surface area (Å²) < 4.78 is 13.9. The van der Waals surface area contributed by atoms with Crippen molar-refractivity contribution >= 4 is 22.4 Å². The molecule has 4 rings (SSSR count). The van der Waals surface area contributed by atoms with Crippen molar-refractivity contribution in [3.63, 3.8) is 0 Å². The van der Waals surface area contributed by atoms with Gasteiger partial charge in [-0.1, -0.05) is 25.1 Å². The van der Waals surface area contributed by atoms with Crippen LogP contribution in [-0.4, -0.2) is 34.5 Å². The van der Waals surface area contributed by atoms with Crippen molar-refractivity contribution in [3.8, 4) is 17.2 Å². The van der Waals surface area contributed by atoms with Crippen molar-refractivity contribution in [2.75, 3.05) is 19.5 Å². The minimum absolute atomic E-state index is 0.183. The predicted molar refractivity (Wildman–Crippen MR) is 132 cm³/mol. The largest absolute Gasteiger partial charge is 0.493 e. The topological polar surface area (TPSA) is 87.4 Å². The van der Waals surface area contributed by atoms with Gasteiger partial charge in [-0.25, -0.2) is 0 Å². The van der Waals surface area contributed by atoms with E-state index in [1.807, 2.05) is 55.7 Å². The van der Waals surface area contributed by atoms with Crippen molar-refractivity contribution in [3.05, 3.63) is 76.5 Å². The van der Waals surface area contributed by atoms with Crippen LogP contribution in [0.3, 0.4) is 0 Å². The van der Waals surface area contributed by atoms with Gasteiger partial charge in [0.1, 0.15) is 6.04 Å². The Hall–Kier alpha value is -4.07. The Morgan fingerprint density at radius 1 is 1.03 bits per heavy atom. The van der Waals surface area contributed by atoms with E-state index in [0.717, 1.165) is 16.8 Å². The molecule has 1 amide bonds. The summed E-state index contributed by atoms with van der Waals surface area (Å²) in [6.45, 7) is 5.73. The molecule has 0 radical (unpaired) electrons. The van der Waals surface area contributed by atoms with Gasteiger partial charge in [-0.3, -0.25) is 9.59 Å². The maximum Gasteiger partial charge on any atom is 0.281 e. The Balaban J connectivity index is 1.75. The van der Waals surface area contributed by atoms with Gasteiger partial charge in [0.05, 0.1) is 31.5 Å². The summed E-state index contributed by atoms with van der Waals surface area (Å²) in [4.78, 5) is 26.7. The molecule has 0 bridgehead atoms. The predicted octanol–water partition coefficient (Wildman–Crippen LogP) is 4.41. The molecule has 0 aliphatic carbocycles. The summed E-state index contributed by atoms with van der Waals surface area (Å²) in [5, 5.41) is 8.67. The fraction of sp³-hybridized carbons (Fsp3) is 0.269. The maximum absolute atomic E-state index is 13.4. The molecule has 2 heterocycles. The third-order valence-corrected chi connectivity index (χ3v) is 6.11. The zero-order valence-corrected chi connectivity index (χ0v) is 20.0. The van der Waals surface area contributed by atoms with E-state index >= 15 is 0 Å². The van der Waals surface area contributed by atoms with Gasteiger partial charge < -0.3 is 19.4 Å². The van der Waals surface area contributed by atoms with Gasteiger partial charge in [-0.2, -0.15) is 9.78 Å². The standard InChI is InChI=1S/C26H28N4O4/c1-6-21(25(31)28-18-12-13-22(33-4)23(14-18)34-5)29-16(2)20-15-27-30(19-10-8-7-9-11-19)26(32)24(20)17(29)3/h7-15,21H,6H2,1-5H3,(H,28,31)/t21-/m0/s1. The van der Waals surface area contributed by atoms with E-state index in [1.165, 1.54) is 4.68 Å². The molecule has 34 heavy (non-hydrogen) atoms. The van der Waals surface area contributed by atoms with E-state index in [4.69, 9.17) is 9.47 Å². The highest BCUT2D eigenvalue weighted by atomic mass is 16.5. The number of ether oxygens (including phenoxy) is 2. The first kappa shape index (κ1) is 23.1. The van der Waals surface area contributed by atoms with Crippen LogP contribution in [0.25, 0.3) is 16.5 Å². The van der Waals surface area contributed by atoms with Gasteiger partial charge in [0.2, 0.25) is 5.91 Å². The second-order valence-electron chi connectivity index (χ2n) is 8.01. The smallest absolute Gasteiger partial charge is 0.281 e. The second kappa shape index (κ2) is 9.43. The number of aromatic nitrogens is 3. The monoisotopic (exact) mass is 460 g/mol. The number of amides is 1. The molecule has 0 fully saturated rings. The van der Waals surface area contributed by atoms with Gasteiger partial charge in [0.25, 0.3) is 5.56 Å². The number of anilines is 1. The number of nitrogens with zero attached hydrogens (tertiary/aromatic N) is 3. The third-order valence-electron chi connectivity index (χ3n) is 6.11. The first-order valence-electron chi connectivity index (χ1n) is 11.1. The van der Waals surface area contributed by atoms with Gasteiger partial charge in [0, 0.05) is 28.5 Å². The van der Waals surface area contributed by atoms with Gasteiger partial charge in [-0.15, -0.1) is 0 Å². The number of benzene rings is 2. The van der Waals surface area contributed by atoms with Crippen molar-refractivity contribution < 1.29 is 14.3 Å². The van der Waals surface area contributed by atoms with Crippen LogP contribution in [0, 0.1) is 13.8 Å². The lowest BCUT2D eigenvalue weighted by Crippen LogP contribution is -2.27. The van der Waals surface area contributed by atoms with Crippen LogP contribution < -0.4 is 20.3 Å². The summed E-state index contributed by atoms with van der Waals surface area (Å²) in [7, 11) is 3.11. The highest BCUT2D eigenvalue weighted by molar-refractivity contribution is 5.95. The lowest BCUT2D eigenvalue weighted by atomic mass is 10.1. The van der Waals surface area contributed by atoms with E-state index < -0.39 is 6.04 Å². The van der Waals surface area contributed by atoms with E-state index in [1.54, 1.807) is 38.6 Å². The summed E-state index contributed by atoms with van der Waals surface area (Å²) >= 11 is 0. The molecule has 176 valence electrons. The average Bonchev–Trinajstić information content (AvgIpc) is 3.11. The van der Waals surface area contributed by atoms with Crippen LogP contribution >= 0.6 is 0 Å². The molecule has 1 atom stereocenters. The normalized spacial score (nSPS) is 11.9. The first-order chi connectivity index (χ1) is 16.4. The number of fused-ring (bicyclic) bond motifs is 1. The van der Waals surface area contributed by atoms with Gasteiger partial charge in [0.15, 0.2) is 11.5 Å². The first-order valence-corrected chi connectivity index (χ1v) is 11.1. The highest BCUT2D eigenvalue weighted by Crippen LogP contribution is 2.32. The van der Waals surface area contributed by atoms with Crippen molar-refractivity contribution in [2.45, 2.75) is 33.2 Å². The third kappa shape index (κ3) is 3.91.